The van der Waals surface area contributed by atoms with Gasteiger partial charge in [0.1, 0.15) is 0 Å². The SMILES string of the molecule is COC(=O)CCCC=CCCC=CCCCCCCCCCCCCCCCCC(C)C. The summed E-state index contributed by atoms with van der Waals surface area (Å²) in [6.07, 6.45) is 36.5. The molecule has 0 rings (SSSR count). The smallest absolute Gasteiger partial charge is 0.305 e. The summed E-state index contributed by atoms with van der Waals surface area (Å²) >= 11 is 0. The van der Waals surface area contributed by atoms with Gasteiger partial charge in [-0.05, 0) is 44.4 Å². The summed E-state index contributed by atoms with van der Waals surface area (Å²) in [4.78, 5) is 11.0. The van der Waals surface area contributed by atoms with Gasteiger partial charge >= 0.3 is 5.97 Å². The Kier molecular flexibility index (Phi) is 25.3. The van der Waals surface area contributed by atoms with Gasteiger partial charge in [-0.2, -0.15) is 0 Å². The van der Waals surface area contributed by atoms with E-state index < -0.39 is 0 Å². The van der Waals surface area contributed by atoms with Crippen LogP contribution < -0.4 is 0 Å². The monoisotopic (exact) mass is 448 g/mol. The van der Waals surface area contributed by atoms with Crippen LogP contribution in [-0.2, 0) is 9.53 Å². The van der Waals surface area contributed by atoms with E-state index in [0.29, 0.717) is 6.42 Å². The molecule has 0 fully saturated rings. The minimum absolute atomic E-state index is 0.106. The molecule has 188 valence electrons. The van der Waals surface area contributed by atoms with Crippen LogP contribution in [0.4, 0.5) is 0 Å². The molecule has 0 bridgehead atoms. The minimum atomic E-state index is -0.106. The Hall–Kier alpha value is -1.05. The maximum Gasteiger partial charge on any atom is 0.305 e. The number of rotatable bonds is 24. The maximum atomic E-state index is 11.0. The van der Waals surface area contributed by atoms with Crippen LogP contribution in [0.1, 0.15) is 149 Å². The van der Waals surface area contributed by atoms with Crippen molar-refractivity contribution in [1.82, 2.24) is 0 Å². The fourth-order valence-electron chi connectivity index (χ4n) is 4.07. The lowest BCUT2D eigenvalue weighted by atomic mass is 10.0. The van der Waals surface area contributed by atoms with E-state index in [2.05, 4.69) is 42.9 Å². The molecule has 0 saturated carbocycles. The first-order chi connectivity index (χ1) is 15.7. The molecule has 0 amide bonds. The summed E-state index contributed by atoms with van der Waals surface area (Å²) in [5.41, 5.74) is 0. The van der Waals surface area contributed by atoms with Crippen LogP contribution in [0.25, 0.3) is 0 Å². The number of allylic oxidation sites excluding steroid dienone is 4. The van der Waals surface area contributed by atoms with Crippen molar-refractivity contribution in [1.29, 1.82) is 0 Å². The molecule has 0 aliphatic carbocycles. The number of carbonyl (C=O) groups is 1. The van der Waals surface area contributed by atoms with Gasteiger partial charge in [-0.15, -0.1) is 0 Å². The molecular weight excluding hydrogens is 392 g/mol. The highest BCUT2D eigenvalue weighted by atomic mass is 16.5. The first-order valence-corrected chi connectivity index (χ1v) is 14.0. The largest absolute Gasteiger partial charge is 0.469 e. The summed E-state index contributed by atoms with van der Waals surface area (Å²) in [7, 11) is 1.45. The van der Waals surface area contributed by atoms with Crippen molar-refractivity contribution in [3.63, 3.8) is 0 Å². The zero-order valence-electron chi connectivity index (χ0n) is 22.1. The van der Waals surface area contributed by atoms with Gasteiger partial charge in [-0.3, -0.25) is 4.79 Å². The highest BCUT2D eigenvalue weighted by molar-refractivity contribution is 5.69. The van der Waals surface area contributed by atoms with Gasteiger partial charge in [-0.25, -0.2) is 0 Å². The molecule has 0 aromatic carbocycles. The number of hydrogen-bond donors (Lipinski definition) is 0. The minimum Gasteiger partial charge on any atom is -0.469 e. The van der Waals surface area contributed by atoms with E-state index in [1.54, 1.807) is 0 Å². The lowest BCUT2D eigenvalue weighted by Crippen LogP contribution is -1.98. The van der Waals surface area contributed by atoms with E-state index in [0.717, 1.165) is 31.6 Å². The van der Waals surface area contributed by atoms with E-state index in [9.17, 15) is 4.79 Å². The zero-order valence-corrected chi connectivity index (χ0v) is 22.1. The van der Waals surface area contributed by atoms with Gasteiger partial charge in [0.05, 0.1) is 7.11 Å². The molecule has 0 aromatic rings. The van der Waals surface area contributed by atoms with Gasteiger partial charge in [0, 0.05) is 6.42 Å². The predicted molar refractivity (Wildman–Crippen MR) is 142 cm³/mol. The van der Waals surface area contributed by atoms with Crippen LogP contribution in [0, 0.1) is 5.92 Å². The number of esters is 1. The average Bonchev–Trinajstić information content (AvgIpc) is 2.78. The number of ether oxygens (including phenoxy) is 1. The first-order valence-electron chi connectivity index (χ1n) is 14.0. The molecule has 0 aliphatic rings. The molecule has 0 heterocycles. The van der Waals surface area contributed by atoms with Crippen LogP contribution >= 0.6 is 0 Å². The number of methoxy groups -OCH3 is 1. The van der Waals surface area contributed by atoms with Crippen LogP contribution in [0.2, 0.25) is 0 Å². The Balaban J connectivity index is 3.16. The summed E-state index contributed by atoms with van der Waals surface area (Å²) in [6.45, 7) is 4.67. The molecule has 2 heteroatoms. The normalized spacial score (nSPS) is 11.9. The van der Waals surface area contributed by atoms with Gasteiger partial charge in [0.15, 0.2) is 0 Å². The predicted octanol–water partition coefficient (Wildman–Crippen LogP) is 10.1. The molecule has 2 nitrogen and oxygen atoms in total. The van der Waals surface area contributed by atoms with E-state index in [-0.39, 0.29) is 5.97 Å². The van der Waals surface area contributed by atoms with Gasteiger partial charge in [0.2, 0.25) is 0 Å². The quantitative estimate of drug-likeness (QED) is 0.0833. The molecule has 0 radical (unpaired) electrons. The number of hydrogen-bond acceptors (Lipinski definition) is 2. The van der Waals surface area contributed by atoms with Crippen LogP contribution in [0.3, 0.4) is 0 Å². The lowest BCUT2D eigenvalue weighted by Gasteiger charge is -2.05. The number of carbonyl (C=O) groups excluding carboxylic acids is 1. The Morgan fingerprint density at radius 1 is 0.562 bits per heavy atom. The van der Waals surface area contributed by atoms with E-state index in [1.807, 2.05) is 0 Å². The van der Waals surface area contributed by atoms with Crippen LogP contribution in [0.15, 0.2) is 24.3 Å². The Labute approximate surface area is 201 Å². The summed E-state index contributed by atoms with van der Waals surface area (Å²) in [6, 6.07) is 0. The van der Waals surface area contributed by atoms with Crippen molar-refractivity contribution in [2.75, 3.05) is 7.11 Å². The van der Waals surface area contributed by atoms with Crippen molar-refractivity contribution in [2.45, 2.75) is 149 Å². The highest BCUT2D eigenvalue weighted by Crippen LogP contribution is 2.15. The van der Waals surface area contributed by atoms with Crippen molar-refractivity contribution < 1.29 is 9.53 Å². The third-order valence-electron chi connectivity index (χ3n) is 6.21. The van der Waals surface area contributed by atoms with Crippen LogP contribution in [0.5, 0.6) is 0 Å². The van der Waals surface area contributed by atoms with Gasteiger partial charge in [0.25, 0.3) is 0 Å². The molecule has 32 heavy (non-hydrogen) atoms. The second kappa shape index (κ2) is 26.2. The summed E-state index contributed by atoms with van der Waals surface area (Å²) in [5.74, 6) is 0.776. The Morgan fingerprint density at radius 2 is 0.938 bits per heavy atom. The molecule has 0 aliphatic heterocycles. The standard InChI is InChI=1S/C30H56O2/c1-29(2)27-25-23-21-19-17-15-13-11-9-7-5-4-6-8-10-12-14-16-18-20-22-24-26-28-30(31)32-3/h12,14,20,22,29H,4-11,13,15-19,21,23-28H2,1-3H3. The third-order valence-corrected chi connectivity index (χ3v) is 6.21. The molecule has 0 aromatic heterocycles. The Morgan fingerprint density at radius 3 is 1.38 bits per heavy atom. The van der Waals surface area contributed by atoms with Crippen molar-refractivity contribution in [2.24, 2.45) is 5.92 Å². The van der Waals surface area contributed by atoms with E-state index >= 15 is 0 Å². The second-order valence-corrected chi connectivity index (χ2v) is 9.91. The van der Waals surface area contributed by atoms with Crippen molar-refractivity contribution in [3.05, 3.63) is 24.3 Å². The first kappa shape index (κ1) is 30.9. The molecule has 0 atom stereocenters. The van der Waals surface area contributed by atoms with Gasteiger partial charge < -0.3 is 4.74 Å². The third kappa shape index (κ3) is 27.0. The van der Waals surface area contributed by atoms with Crippen molar-refractivity contribution in [3.8, 4) is 0 Å². The Bertz CT molecular complexity index is 436. The fraction of sp³-hybridized carbons (Fsp3) is 0.833. The van der Waals surface area contributed by atoms with Crippen LogP contribution in [-0.4, -0.2) is 13.1 Å². The summed E-state index contributed by atoms with van der Waals surface area (Å²) in [5, 5.41) is 0. The van der Waals surface area contributed by atoms with E-state index in [4.69, 9.17) is 0 Å². The van der Waals surface area contributed by atoms with Gasteiger partial charge in [-0.1, -0.05) is 128 Å². The maximum absolute atomic E-state index is 11.0. The number of unbranched alkanes of at least 4 members (excludes halogenated alkanes) is 16. The molecule has 0 unspecified atom stereocenters. The molecule has 0 spiro atoms. The van der Waals surface area contributed by atoms with Crippen molar-refractivity contribution >= 4 is 5.97 Å². The zero-order chi connectivity index (χ0) is 23.5. The average molecular weight is 449 g/mol. The van der Waals surface area contributed by atoms with E-state index in [1.165, 1.54) is 110 Å². The molecular formula is C30H56O2. The molecule has 0 saturated heterocycles. The topological polar surface area (TPSA) is 26.3 Å². The lowest BCUT2D eigenvalue weighted by molar-refractivity contribution is -0.140. The summed E-state index contributed by atoms with van der Waals surface area (Å²) < 4.78 is 4.63. The molecule has 0 N–H and O–H groups in total. The highest BCUT2D eigenvalue weighted by Gasteiger charge is 1.97. The fourth-order valence-corrected chi connectivity index (χ4v) is 4.07. The second-order valence-electron chi connectivity index (χ2n) is 9.91.